The minimum Gasteiger partial charge on any atom is -0.459 e. The first-order valence-corrected chi connectivity index (χ1v) is 4.50. The number of carbonyl (C=O) groups is 1. The molecule has 0 spiro atoms. The molecule has 0 aliphatic heterocycles. The van der Waals surface area contributed by atoms with Crippen molar-refractivity contribution in [1.82, 2.24) is 5.32 Å². The third-order valence-corrected chi connectivity index (χ3v) is 1.73. The third kappa shape index (κ3) is 3.27. The molecule has 0 aliphatic rings. The fourth-order valence-electron chi connectivity index (χ4n) is 0.960. The second-order valence-electron chi connectivity index (χ2n) is 3.38. The highest BCUT2D eigenvalue weighted by Gasteiger charge is 2.35. The molecule has 0 fully saturated rings. The zero-order chi connectivity index (χ0) is 12.3. The molecular weight excluding hydrogens is 225 g/mol. The Morgan fingerprint density at radius 3 is 2.69 bits per heavy atom. The highest BCUT2D eigenvalue weighted by atomic mass is 19.4. The molecule has 3 N–H and O–H groups in total. The minimum absolute atomic E-state index is 0.173. The molecule has 1 unspecified atom stereocenters. The first-order valence-electron chi connectivity index (χ1n) is 4.50. The largest absolute Gasteiger partial charge is 0.459 e. The van der Waals surface area contributed by atoms with Crippen LogP contribution in [0.15, 0.2) is 16.7 Å². The van der Waals surface area contributed by atoms with Gasteiger partial charge in [-0.1, -0.05) is 0 Å². The molecule has 1 aromatic rings. The Morgan fingerprint density at radius 1 is 1.62 bits per heavy atom. The molecule has 7 heteroatoms. The van der Waals surface area contributed by atoms with Crippen molar-refractivity contribution in [2.24, 2.45) is 5.73 Å². The van der Waals surface area contributed by atoms with E-state index in [0.717, 1.165) is 6.26 Å². The van der Waals surface area contributed by atoms with Crippen LogP contribution >= 0.6 is 0 Å². The summed E-state index contributed by atoms with van der Waals surface area (Å²) >= 11 is 0. The third-order valence-electron chi connectivity index (χ3n) is 1.73. The Hall–Kier alpha value is -1.50. The summed E-state index contributed by atoms with van der Waals surface area (Å²) in [4.78, 5) is 11.3. The van der Waals surface area contributed by atoms with Crippen molar-refractivity contribution < 1.29 is 22.4 Å². The van der Waals surface area contributed by atoms with Gasteiger partial charge >= 0.3 is 6.18 Å². The highest BCUT2D eigenvalue weighted by molar-refractivity contribution is 5.94. The lowest BCUT2D eigenvalue weighted by Gasteiger charge is -2.05. The van der Waals surface area contributed by atoms with Gasteiger partial charge in [0.15, 0.2) is 0 Å². The van der Waals surface area contributed by atoms with E-state index in [1.54, 1.807) is 6.92 Å². The average molecular weight is 236 g/mol. The summed E-state index contributed by atoms with van der Waals surface area (Å²) in [6, 6.07) is 0.384. The van der Waals surface area contributed by atoms with Gasteiger partial charge in [-0.3, -0.25) is 4.79 Å². The van der Waals surface area contributed by atoms with Crippen LogP contribution in [-0.2, 0) is 6.18 Å². The van der Waals surface area contributed by atoms with E-state index in [9.17, 15) is 18.0 Å². The molecule has 0 saturated carbocycles. The molecule has 0 saturated heterocycles. The molecule has 1 rings (SSSR count). The van der Waals surface area contributed by atoms with Crippen molar-refractivity contribution in [3.63, 3.8) is 0 Å². The van der Waals surface area contributed by atoms with E-state index in [2.05, 4.69) is 9.73 Å². The minimum atomic E-state index is -4.58. The van der Waals surface area contributed by atoms with E-state index < -0.39 is 17.8 Å². The molecule has 1 amide bonds. The van der Waals surface area contributed by atoms with E-state index in [-0.39, 0.29) is 18.2 Å². The van der Waals surface area contributed by atoms with E-state index in [0.29, 0.717) is 6.07 Å². The van der Waals surface area contributed by atoms with Crippen molar-refractivity contribution in [2.75, 3.05) is 6.54 Å². The maximum absolute atomic E-state index is 12.1. The second-order valence-corrected chi connectivity index (χ2v) is 3.38. The SMILES string of the molecule is CC(N)CNC(=O)c1coc(C(F)(F)F)c1. The zero-order valence-electron chi connectivity index (χ0n) is 8.47. The molecule has 0 aliphatic carbocycles. The number of hydrogen-bond donors (Lipinski definition) is 2. The van der Waals surface area contributed by atoms with E-state index >= 15 is 0 Å². The summed E-state index contributed by atoms with van der Waals surface area (Å²) in [5.41, 5.74) is 5.20. The fraction of sp³-hybridized carbons (Fsp3) is 0.444. The fourth-order valence-corrected chi connectivity index (χ4v) is 0.960. The Kier molecular flexibility index (Phi) is 3.58. The smallest absolute Gasteiger partial charge is 0.449 e. The molecule has 0 radical (unpaired) electrons. The van der Waals surface area contributed by atoms with Crippen LogP contribution in [0.2, 0.25) is 0 Å². The van der Waals surface area contributed by atoms with Crippen LogP contribution < -0.4 is 11.1 Å². The van der Waals surface area contributed by atoms with Gasteiger partial charge in [-0.25, -0.2) is 0 Å². The number of rotatable bonds is 3. The van der Waals surface area contributed by atoms with Crippen LogP contribution in [0.1, 0.15) is 23.0 Å². The lowest BCUT2D eigenvalue weighted by molar-refractivity contribution is -0.153. The predicted molar refractivity (Wildman–Crippen MR) is 49.7 cm³/mol. The summed E-state index contributed by atoms with van der Waals surface area (Å²) in [6.07, 6.45) is -3.82. The number of amides is 1. The first-order chi connectivity index (χ1) is 7.30. The summed E-state index contributed by atoms with van der Waals surface area (Å²) in [5, 5.41) is 2.37. The molecule has 16 heavy (non-hydrogen) atoms. The van der Waals surface area contributed by atoms with E-state index in [4.69, 9.17) is 5.73 Å². The van der Waals surface area contributed by atoms with Crippen LogP contribution in [0, 0.1) is 0 Å². The zero-order valence-corrected chi connectivity index (χ0v) is 8.47. The monoisotopic (exact) mass is 236 g/mol. The normalized spacial score (nSPS) is 13.6. The molecule has 1 heterocycles. The van der Waals surface area contributed by atoms with Crippen molar-refractivity contribution >= 4 is 5.91 Å². The lowest BCUT2D eigenvalue weighted by atomic mass is 10.2. The molecule has 1 aromatic heterocycles. The summed E-state index contributed by atoms with van der Waals surface area (Å²) in [5.74, 6) is -1.84. The van der Waals surface area contributed by atoms with E-state index in [1.807, 2.05) is 0 Å². The number of carbonyl (C=O) groups excluding carboxylic acids is 1. The van der Waals surface area contributed by atoms with Crippen LogP contribution in [0.4, 0.5) is 13.2 Å². The molecule has 0 aromatic carbocycles. The summed E-state index contributed by atoms with van der Waals surface area (Å²) < 4.78 is 40.6. The summed E-state index contributed by atoms with van der Waals surface area (Å²) in [6.45, 7) is 1.85. The van der Waals surface area contributed by atoms with Gasteiger partial charge in [-0.05, 0) is 6.92 Å². The number of furan rings is 1. The van der Waals surface area contributed by atoms with Crippen molar-refractivity contribution in [3.05, 3.63) is 23.7 Å². The van der Waals surface area contributed by atoms with Gasteiger partial charge in [0.1, 0.15) is 6.26 Å². The van der Waals surface area contributed by atoms with Gasteiger partial charge in [0, 0.05) is 18.7 Å². The number of hydrogen-bond acceptors (Lipinski definition) is 3. The van der Waals surface area contributed by atoms with Crippen LogP contribution in [0.25, 0.3) is 0 Å². The molecule has 4 nitrogen and oxygen atoms in total. The molecule has 1 atom stereocenters. The standard InChI is InChI=1S/C9H11F3N2O2/c1-5(13)3-14-8(15)6-2-7(16-4-6)9(10,11)12/h2,4-5H,3,13H2,1H3,(H,14,15). The molecule has 90 valence electrons. The van der Waals surface area contributed by atoms with Crippen molar-refractivity contribution in [3.8, 4) is 0 Å². The summed E-state index contributed by atoms with van der Waals surface area (Å²) in [7, 11) is 0. The van der Waals surface area contributed by atoms with Gasteiger partial charge in [0.2, 0.25) is 5.76 Å². The first kappa shape index (κ1) is 12.6. The van der Waals surface area contributed by atoms with Gasteiger partial charge < -0.3 is 15.5 Å². The number of nitrogens with two attached hydrogens (primary N) is 1. The number of alkyl halides is 3. The van der Waals surface area contributed by atoms with Crippen LogP contribution in [-0.4, -0.2) is 18.5 Å². The Bertz CT molecular complexity index is 371. The topological polar surface area (TPSA) is 68.3 Å². The highest BCUT2D eigenvalue weighted by Crippen LogP contribution is 2.30. The van der Waals surface area contributed by atoms with Gasteiger partial charge in [0.05, 0.1) is 5.56 Å². The maximum atomic E-state index is 12.1. The maximum Gasteiger partial charge on any atom is 0.449 e. The second kappa shape index (κ2) is 4.56. The molecule has 0 bridgehead atoms. The van der Waals surface area contributed by atoms with Gasteiger partial charge in [-0.15, -0.1) is 0 Å². The number of halogens is 3. The van der Waals surface area contributed by atoms with Crippen molar-refractivity contribution in [2.45, 2.75) is 19.1 Å². The Morgan fingerprint density at radius 2 is 2.25 bits per heavy atom. The van der Waals surface area contributed by atoms with Crippen molar-refractivity contribution in [1.29, 1.82) is 0 Å². The predicted octanol–water partition coefficient (Wildman–Crippen LogP) is 1.38. The Labute approximate surface area is 89.6 Å². The number of nitrogens with one attached hydrogen (secondary N) is 1. The quantitative estimate of drug-likeness (QED) is 0.832. The lowest BCUT2D eigenvalue weighted by Crippen LogP contribution is -2.34. The Balaban J connectivity index is 2.67. The van der Waals surface area contributed by atoms with Crippen LogP contribution in [0.3, 0.4) is 0 Å². The average Bonchev–Trinajstić information content (AvgIpc) is 2.61. The van der Waals surface area contributed by atoms with Gasteiger partial charge in [0.25, 0.3) is 5.91 Å². The van der Waals surface area contributed by atoms with Gasteiger partial charge in [-0.2, -0.15) is 13.2 Å². The van der Waals surface area contributed by atoms with E-state index in [1.165, 1.54) is 0 Å². The molecular formula is C9H11F3N2O2. The van der Waals surface area contributed by atoms with Crippen LogP contribution in [0.5, 0.6) is 0 Å².